The molecule has 1 aromatic rings. The van der Waals surface area contributed by atoms with Gasteiger partial charge in [0.05, 0.1) is 11.7 Å². The van der Waals surface area contributed by atoms with Crippen molar-refractivity contribution in [2.45, 2.75) is 25.3 Å². The zero-order valence-electron chi connectivity index (χ0n) is 10.1. The molecule has 17 heavy (non-hydrogen) atoms. The predicted molar refractivity (Wildman–Crippen MR) is 66.2 cm³/mol. The first kappa shape index (κ1) is 11.1. The Morgan fingerprint density at radius 3 is 2.71 bits per heavy atom. The Morgan fingerprint density at radius 1 is 1.35 bits per heavy atom. The molecule has 0 bridgehead atoms. The van der Waals surface area contributed by atoms with E-state index in [0.29, 0.717) is 6.54 Å². The normalized spacial score (nSPS) is 30.4. The third-order valence-corrected chi connectivity index (χ3v) is 4.36. The van der Waals surface area contributed by atoms with Crippen molar-refractivity contribution in [1.29, 1.82) is 0 Å². The highest BCUT2D eigenvalue weighted by Crippen LogP contribution is 2.40. The van der Waals surface area contributed by atoms with Crippen molar-refractivity contribution in [3.8, 4) is 0 Å². The van der Waals surface area contributed by atoms with Crippen LogP contribution in [-0.4, -0.2) is 34.5 Å². The van der Waals surface area contributed by atoms with Crippen LogP contribution in [0.15, 0.2) is 18.6 Å². The first-order valence-corrected chi connectivity index (χ1v) is 6.58. The Balaban J connectivity index is 1.74. The molecule has 2 N–H and O–H groups in total. The summed E-state index contributed by atoms with van der Waals surface area (Å²) in [5, 5.41) is 0. The maximum absolute atomic E-state index is 5.93. The fraction of sp³-hybridized carbons (Fsp3) is 0.692. The van der Waals surface area contributed by atoms with Crippen LogP contribution >= 0.6 is 0 Å². The molecule has 2 fully saturated rings. The minimum absolute atomic E-state index is 0.281. The van der Waals surface area contributed by atoms with Gasteiger partial charge in [0.1, 0.15) is 6.33 Å². The number of rotatable bonds is 3. The summed E-state index contributed by atoms with van der Waals surface area (Å²) in [4.78, 5) is 10.9. The van der Waals surface area contributed by atoms with E-state index < -0.39 is 0 Å². The van der Waals surface area contributed by atoms with Gasteiger partial charge < -0.3 is 5.73 Å². The van der Waals surface area contributed by atoms with E-state index in [4.69, 9.17) is 5.73 Å². The van der Waals surface area contributed by atoms with Crippen molar-refractivity contribution in [2.75, 3.05) is 19.6 Å². The van der Waals surface area contributed by atoms with Crippen LogP contribution in [0, 0.1) is 11.8 Å². The second-order valence-electron chi connectivity index (χ2n) is 5.29. The van der Waals surface area contributed by atoms with Gasteiger partial charge in [-0.05, 0) is 30.7 Å². The van der Waals surface area contributed by atoms with Crippen molar-refractivity contribution in [3.63, 3.8) is 0 Å². The summed E-state index contributed by atoms with van der Waals surface area (Å²) in [7, 11) is 0. The zero-order valence-corrected chi connectivity index (χ0v) is 10.1. The molecule has 0 aromatic carbocycles. The number of nitrogens with zero attached hydrogens (tertiary/aromatic N) is 3. The molecule has 4 nitrogen and oxygen atoms in total. The summed E-state index contributed by atoms with van der Waals surface area (Å²) in [6, 6.07) is 2.27. The fourth-order valence-corrected chi connectivity index (χ4v) is 3.48. The van der Waals surface area contributed by atoms with Crippen LogP contribution in [0.4, 0.5) is 0 Å². The lowest BCUT2D eigenvalue weighted by atomic mass is 10.0. The van der Waals surface area contributed by atoms with Gasteiger partial charge in [-0.25, -0.2) is 9.97 Å². The molecule has 4 heteroatoms. The summed E-state index contributed by atoms with van der Waals surface area (Å²) >= 11 is 0. The topological polar surface area (TPSA) is 55.0 Å². The first-order chi connectivity index (χ1) is 8.38. The molecule has 2 aliphatic rings. The predicted octanol–water partition coefficient (Wildman–Crippen LogP) is 1.21. The average Bonchev–Trinajstić information content (AvgIpc) is 2.92. The second kappa shape index (κ2) is 4.70. The lowest BCUT2D eigenvalue weighted by Crippen LogP contribution is -2.33. The highest BCUT2D eigenvalue weighted by molar-refractivity contribution is 5.07. The van der Waals surface area contributed by atoms with Crippen molar-refractivity contribution >= 4 is 0 Å². The van der Waals surface area contributed by atoms with Crippen LogP contribution in [0.25, 0.3) is 0 Å². The van der Waals surface area contributed by atoms with Crippen molar-refractivity contribution in [1.82, 2.24) is 14.9 Å². The molecule has 1 saturated heterocycles. The highest BCUT2D eigenvalue weighted by Gasteiger charge is 2.38. The third-order valence-electron chi connectivity index (χ3n) is 4.36. The Labute approximate surface area is 102 Å². The van der Waals surface area contributed by atoms with Gasteiger partial charge in [-0.3, -0.25) is 4.90 Å². The average molecular weight is 232 g/mol. The molecular formula is C13H20N4. The van der Waals surface area contributed by atoms with Gasteiger partial charge in [-0.1, -0.05) is 6.42 Å². The van der Waals surface area contributed by atoms with E-state index in [2.05, 4.69) is 14.9 Å². The molecule has 2 heterocycles. The van der Waals surface area contributed by atoms with Gasteiger partial charge in [0.25, 0.3) is 0 Å². The minimum atomic E-state index is 0.281. The van der Waals surface area contributed by atoms with Gasteiger partial charge in [0, 0.05) is 25.8 Å². The quantitative estimate of drug-likeness (QED) is 0.851. The van der Waals surface area contributed by atoms with Gasteiger partial charge in [0.15, 0.2) is 0 Å². The van der Waals surface area contributed by atoms with Crippen LogP contribution in [0.5, 0.6) is 0 Å². The van der Waals surface area contributed by atoms with Crippen LogP contribution in [0.1, 0.15) is 31.0 Å². The van der Waals surface area contributed by atoms with Gasteiger partial charge >= 0.3 is 0 Å². The molecule has 3 rings (SSSR count). The van der Waals surface area contributed by atoms with E-state index in [1.54, 1.807) is 6.33 Å². The molecule has 92 valence electrons. The summed E-state index contributed by atoms with van der Waals surface area (Å²) in [5.74, 6) is 1.82. The number of hydrogen-bond acceptors (Lipinski definition) is 4. The number of likely N-dealkylation sites (tertiary alicyclic amines) is 1. The molecule has 1 aliphatic carbocycles. The molecule has 1 aliphatic heterocycles. The maximum atomic E-state index is 5.93. The largest absolute Gasteiger partial charge is 0.329 e. The first-order valence-electron chi connectivity index (χ1n) is 6.58. The molecule has 0 spiro atoms. The molecule has 1 aromatic heterocycles. The van der Waals surface area contributed by atoms with E-state index >= 15 is 0 Å². The maximum Gasteiger partial charge on any atom is 0.115 e. The van der Waals surface area contributed by atoms with E-state index in [1.165, 1.54) is 32.4 Å². The summed E-state index contributed by atoms with van der Waals surface area (Å²) < 4.78 is 0. The molecule has 0 radical (unpaired) electrons. The Morgan fingerprint density at radius 2 is 2.12 bits per heavy atom. The summed E-state index contributed by atoms with van der Waals surface area (Å²) in [5.41, 5.74) is 7.00. The van der Waals surface area contributed by atoms with E-state index in [0.717, 1.165) is 17.5 Å². The summed E-state index contributed by atoms with van der Waals surface area (Å²) in [6.45, 7) is 3.06. The van der Waals surface area contributed by atoms with Gasteiger partial charge in [-0.2, -0.15) is 0 Å². The van der Waals surface area contributed by atoms with Crippen LogP contribution in [0.3, 0.4) is 0 Å². The van der Waals surface area contributed by atoms with Crippen LogP contribution < -0.4 is 5.73 Å². The number of aromatic nitrogens is 2. The SMILES string of the molecule is NCC(c1ccncn1)N1CC2CCCC2C1. The number of fused-ring (bicyclic) bond motifs is 1. The minimum Gasteiger partial charge on any atom is -0.329 e. The Hall–Kier alpha value is -1.00. The highest BCUT2D eigenvalue weighted by atomic mass is 15.2. The molecule has 0 amide bonds. The summed E-state index contributed by atoms with van der Waals surface area (Å²) in [6.07, 6.45) is 7.66. The monoisotopic (exact) mass is 232 g/mol. The fourth-order valence-electron chi connectivity index (χ4n) is 3.48. The Kier molecular flexibility index (Phi) is 3.07. The lowest BCUT2D eigenvalue weighted by molar-refractivity contribution is 0.227. The molecular weight excluding hydrogens is 212 g/mol. The van der Waals surface area contributed by atoms with Gasteiger partial charge in [-0.15, -0.1) is 0 Å². The molecule has 3 atom stereocenters. The van der Waals surface area contributed by atoms with Crippen molar-refractivity contribution in [2.24, 2.45) is 17.6 Å². The van der Waals surface area contributed by atoms with E-state index in [-0.39, 0.29) is 6.04 Å². The second-order valence-corrected chi connectivity index (χ2v) is 5.29. The number of hydrogen-bond donors (Lipinski definition) is 1. The van der Waals surface area contributed by atoms with Crippen LogP contribution in [-0.2, 0) is 0 Å². The van der Waals surface area contributed by atoms with Crippen LogP contribution in [0.2, 0.25) is 0 Å². The van der Waals surface area contributed by atoms with Gasteiger partial charge in [0.2, 0.25) is 0 Å². The van der Waals surface area contributed by atoms with E-state index in [9.17, 15) is 0 Å². The standard InChI is InChI=1S/C13H20N4/c14-6-13(12-4-5-15-9-16-12)17-7-10-2-1-3-11(10)8-17/h4-5,9-11,13H,1-3,6-8,14H2. The molecule has 3 unspecified atom stereocenters. The smallest absolute Gasteiger partial charge is 0.115 e. The third kappa shape index (κ3) is 2.07. The van der Waals surface area contributed by atoms with E-state index in [1.807, 2.05) is 12.3 Å². The lowest BCUT2D eigenvalue weighted by Gasteiger charge is -2.26. The van der Waals surface area contributed by atoms with Crippen molar-refractivity contribution < 1.29 is 0 Å². The Bertz CT molecular complexity index is 355. The number of nitrogens with two attached hydrogens (primary N) is 1. The van der Waals surface area contributed by atoms with Crippen molar-refractivity contribution in [3.05, 3.63) is 24.3 Å². The zero-order chi connectivity index (χ0) is 11.7. The molecule has 1 saturated carbocycles.